The Kier molecular flexibility index (Phi) is 3.71. The topological polar surface area (TPSA) is 83.8 Å². The molecular formula is C22H20N4O3S. The number of hydrogen-bond donors (Lipinski definition) is 1. The van der Waals surface area contributed by atoms with E-state index < -0.39 is 11.6 Å². The fraction of sp³-hybridized carbons (Fsp3) is 0.364. The van der Waals surface area contributed by atoms with Crippen molar-refractivity contribution in [1.82, 2.24) is 19.6 Å². The molecule has 1 aromatic carbocycles. The molecule has 1 fully saturated rings. The average molecular weight is 420 g/mol. The van der Waals surface area contributed by atoms with E-state index >= 15 is 0 Å². The van der Waals surface area contributed by atoms with Gasteiger partial charge in [-0.2, -0.15) is 0 Å². The van der Waals surface area contributed by atoms with Gasteiger partial charge in [-0.05, 0) is 49.7 Å². The van der Waals surface area contributed by atoms with Crippen LogP contribution in [0.1, 0.15) is 46.7 Å². The molecule has 2 aliphatic carbocycles. The molecule has 6 rings (SSSR count). The maximum Gasteiger partial charge on any atom is 0.325 e. The number of fused-ring (bicyclic) bond motifs is 5. The van der Waals surface area contributed by atoms with Gasteiger partial charge in [0.25, 0.3) is 11.5 Å². The van der Waals surface area contributed by atoms with Crippen LogP contribution in [0.5, 0.6) is 0 Å². The monoisotopic (exact) mass is 420 g/mol. The van der Waals surface area contributed by atoms with Crippen LogP contribution in [0, 0.1) is 0 Å². The SMILES string of the molecule is O=C1N[C@@]2(CCc3ccccc32)C(=O)N1Cc1cc(=O)n2c3c(sc2n1)CCCC3. The number of carbonyl (C=O) groups is 2. The van der Waals surface area contributed by atoms with Gasteiger partial charge >= 0.3 is 6.03 Å². The lowest BCUT2D eigenvalue weighted by Crippen LogP contribution is -2.41. The van der Waals surface area contributed by atoms with Crippen molar-refractivity contribution in [3.8, 4) is 0 Å². The van der Waals surface area contributed by atoms with Gasteiger partial charge in [0.05, 0.1) is 12.2 Å². The van der Waals surface area contributed by atoms with Crippen LogP contribution in [0.25, 0.3) is 4.96 Å². The Labute approximate surface area is 176 Å². The van der Waals surface area contributed by atoms with Gasteiger partial charge in [0.15, 0.2) is 4.96 Å². The number of rotatable bonds is 2. The summed E-state index contributed by atoms with van der Waals surface area (Å²) in [6.07, 6.45) is 5.40. The molecule has 0 unspecified atom stereocenters. The molecule has 1 atom stereocenters. The maximum absolute atomic E-state index is 13.3. The normalized spacial score (nSPS) is 22.6. The van der Waals surface area contributed by atoms with Crippen LogP contribution >= 0.6 is 11.3 Å². The first-order chi connectivity index (χ1) is 14.6. The van der Waals surface area contributed by atoms with Crippen LogP contribution in [-0.2, 0) is 36.1 Å². The van der Waals surface area contributed by atoms with Gasteiger partial charge in [-0.25, -0.2) is 9.78 Å². The highest BCUT2D eigenvalue weighted by Crippen LogP contribution is 2.41. The molecule has 2 aromatic heterocycles. The Hall–Kier alpha value is -3.00. The summed E-state index contributed by atoms with van der Waals surface area (Å²) in [5.41, 5.74) is 2.36. The number of urea groups is 1. The third kappa shape index (κ3) is 2.37. The molecule has 1 N–H and O–H groups in total. The minimum Gasteiger partial charge on any atom is -0.319 e. The predicted octanol–water partition coefficient (Wildman–Crippen LogP) is 2.53. The maximum atomic E-state index is 13.3. The first-order valence-electron chi connectivity index (χ1n) is 10.3. The quantitative estimate of drug-likeness (QED) is 0.646. The van der Waals surface area contributed by atoms with Gasteiger partial charge in [0, 0.05) is 16.6 Å². The van der Waals surface area contributed by atoms with E-state index in [-0.39, 0.29) is 18.0 Å². The highest BCUT2D eigenvalue weighted by atomic mass is 32.1. The van der Waals surface area contributed by atoms with Gasteiger partial charge in [-0.3, -0.25) is 18.9 Å². The molecule has 30 heavy (non-hydrogen) atoms. The molecule has 0 radical (unpaired) electrons. The summed E-state index contributed by atoms with van der Waals surface area (Å²) >= 11 is 1.54. The Morgan fingerprint density at radius 2 is 1.93 bits per heavy atom. The zero-order valence-corrected chi connectivity index (χ0v) is 17.1. The van der Waals surface area contributed by atoms with Crippen molar-refractivity contribution in [3.05, 3.63) is 68.1 Å². The second kappa shape index (κ2) is 6.25. The van der Waals surface area contributed by atoms with E-state index in [0.717, 1.165) is 48.9 Å². The average Bonchev–Trinajstić information content (AvgIpc) is 3.37. The number of benzene rings is 1. The van der Waals surface area contributed by atoms with Crippen LogP contribution < -0.4 is 10.9 Å². The lowest BCUT2D eigenvalue weighted by atomic mass is 9.92. The zero-order chi connectivity index (χ0) is 20.5. The van der Waals surface area contributed by atoms with Crippen LogP contribution in [-0.4, -0.2) is 26.2 Å². The van der Waals surface area contributed by atoms with E-state index in [1.54, 1.807) is 15.7 Å². The minimum atomic E-state index is -0.991. The third-order valence-corrected chi connectivity index (χ3v) is 7.70. The molecule has 0 bridgehead atoms. The fourth-order valence-electron chi connectivity index (χ4n) is 5.12. The Bertz CT molecular complexity index is 1290. The Morgan fingerprint density at radius 1 is 1.10 bits per heavy atom. The Morgan fingerprint density at radius 3 is 2.83 bits per heavy atom. The summed E-state index contributed by atoms with van der Waals surface area (Å²) < 4.78 is 1.70. The second-order valence-electron chi connectivity index (χ2n) is 8.27. The van der Waals surface area contributed by atoms with E-state index in [1.807, 2.05) is 24.3 Å². The molecule has 3 aromatic rings. The number of carbonyl (C=O) groups excluding carboxylic acids is 2. The largest absolute Gasteiger partial charge is 0.325 e. The van der Waals surface area contributed by atoms with Crippen molar-refractivity contribution in [2.75, 3.05) is 0 Å². The summed E-state index contributed by atoms with van der Waals surface area (Å²) in [4.78, 5) is 46.6. The van der Waals surface area contributed by atoms with Crippen molar-refractivity contribution in [1.29, 1.82) is 0 Å². The van der Waals surface area contributed by atoms with Crippen molar-refractivity contribution in [3.63, 3.8) is 0 Å². The highest BCUT2D eigenvalue weighted by molar-refractivity contribution is 7.17. The van der Waals surface area contributed by atoms with Gasteiger partial charge in [0.2, 0.25) is 0 Å². The lowest BCUT2D eigenvalue weighted by molar-refractivity contribution is -0.132. The van der Waals surface area contributed by atoms with Gasteiger partial charge in [-0.1, -0.05) is 24.3 Å². The minimum absolute atomic E-state index is 0.00287. The number of amides is 3. The standard InChI is InChI=1S/C22H20N4O3S/c27-18-11-14(23-21-26(18)16-7-3-4-8-17(16)30-21)12-25-19(28)22(24-20(25)29)10-9-13-5-1-2-6-15(13)22/h1-2,5-6,11H,3-4,7-10,12H2,(H,24,29)/t22-/m1/s1. The molecule has 1 spiro atoms. The number of hydrogen-bond acceptors (Lipinski definition) is 5. The van der Waals surface area contributed by atoms with Gasteiger partial charge in [0.1, 0.15) is 5.54 Å². The molecule has 3 aliphatic rings. The molecule has 1 aliphatic heterocycles. The summed E-state index contributed by atoms with van der Waals surface area (Å²) in [6, 6.07) is 8.79. The van der Waals surface area contributed by atoms with Crippen LogP contribution in [0.2, 0.25) is 0 Å². The lowest BCUT2D eigenvalue weighted by Gasteiger charge is -2.22. The van der Waals surface area contributed by atoms with Crippen molar-refractivity contribution in [2.24, 2.45) is 0 Å². The van der Waals surface area contributed by atoms with E-state index in [0.29, 0.717) is 17.1 Å². The molecule has 0 saturated carbocycles. The van der Waals surface area contributed by atoms with Crippen LogP contribution in [0.3, 0.4) is 0 Å². The summed E-state index contributed by atoms with van der Waals surface area (Å²) in [7, 11) is 0. The predicted molar refractivity (Wildman–Crippen MR) is 112 cm³/mol. The number of nitrogens with one attached hydrogen (secondary N) is 1. The highest BCUT2D eigenvalue weighted by Gasteiger charge is 2.55. The smallest absolute Gasteiger partial charge is 0.319 e. The molecule has 152 valence electrons. The summed E-state index contributed by atoms with van der Waals surface area (Å²) in [5, 5.41) is 2.93. The van der Waals surface area contributed by atoms with E-state index in [2.05, 4.69) is 10.3 Å². The molecular weight excluding hydrogens is 400 g/mol. The van der Waals surface area contributed by atoms with Crippen molar-refractivity contribution >= 4 is 28.2 Å². The summed E-state index contributed by atoms with van der Waals surface area (Å²) in [5.74, 6) is -0.259. The number of aryl methyl sites for hydroxylation is 3. The molecule has 8 heteroatoms. The molecule has 1 saturated heterocycles. The van der Waals surface area contributed by atoms with E-state index in [4.69, 9.17) is 0 Å². The third-order valence-electron chi connectivity index (χ3n) is 6.56. The summed E-state index contributed by atoms with van der Waals surface area (Å²) in [6.45, 7) is 0.00287. The zero-order valence-electron chi connectivity index (χ0n) is 16.3. The second-order valence-corrected chi connectivity index (χ2v) is 9.33. The van der Waals surface area contributed by atoms with Gasteiger partial charge in [-0.15, -0.1) is 11.3 Å². The number of aromatic nitrogens is 2. The Balaban J connectivity index is 1.36. The van der Waals surface area contributed by atoms with Crippen LogP contribution in [0.15, 0.2) is 35.1 Å². The number of imide groups is 1. The van der Waals surface area contributed by atoms with Crippen LogP contribution in [0.4, 0.5) is 4.79 Å². The number of thiazole rings is 1. The van der Waals surface area contributed by atoms with E-state index in [1.165, 1.54) is 15.8 Å². The first kappa shape index (κ1) is 17.8. The van der Waals surface area contributed by atoms with Crippen molar-refractivity contribution in [2.45, 2.75) is 50.6 Å². The molecule has 3 heterocycles. The fourth-order valence-corrected chi connectivity index (χ4v) is 6.35. The first-order valence-corrected chi connectivity index (χ1v) is 11.1. The van der Waals surface area contributed by atoms with E-state index in [9.17, 15) is 14.4 Å². The van der Waals surface area contributed by atoms with Gasteiger partial charge < -0.3 is 5.32 Å². The van der Waals surface area contributed by atoms with Crippen molar-refractivity contribution < 1.29 is 9.59 Å². The molecule has 3 amide bonds. The number of nitrogens with zero attached hydrogens (tertiary/aromatic N) is 3. The molecule has 7 nitrogen and oxygen atoms in total.